The van der Waals surface area contributed by atoms with Crippen LogP contribution in [0.2, 0.25) is 0 Å². The van der Waals surface area contributed by atoms with Crippen LogP contribution in [0, 0.1) is 0 Å². The molecular weight excluding hydrogens is 398 g/mol. The fourth-order valence-electron chi connectivity index (χ4n) is 2.99. The lowest BCUT2D eigenvalue weighted by Gasteiger charge is -2.13. The van der Waals surface area contributed by atoms with Crippen molar-refractivity contribution in [1.29, 1.82) is 0 Å². The lowest BCUT2D eigenvalue weighted by atomic mass is 10.0. The van der Waals surface area contributed by atoms with E-state index in [1.807, 2.05) is 37.3 Å². The van der Waals surface area contributed by atoms with E-state index in [4.69, 9.17) is 9.47 Å². The SMILES string of the molecule is COc1cn(-c2ccccc2)nc1C(=O)OCC(=O)c1ccc([C@@H](C)NC(C)=O)cc1. The van der Waals surface area contributed by atoms with Crippen LogP contribution in [0.3, 0.4) is 0 Å². The van der Waals surface area contributed by atoms with Gasteiger partial charge in [0.2, 0.25) is 11.6 Å². The van der Waals surface area contributed by atoms with Crippen molar-refractivity contribution >= 4 is 17.7 Å². The number of methoxy groups -OCH3 is 1. The molecule has 0 saturated carbocycles. The molecule has 1 atom stereocenters. The zero-order valence-corrected chi connectivity index (χ0v) is 17.5. The third kappa shape index (κ3) is 5.36. The number of ether oxygens (including phenoxy) is 2. The Kier molecular flexibility index (Phi) is 6.81. The molecule has 1 heterocycles. The summed E-state index contributed by atoms with van der Waals surface area (Å²) >= 11 is 0. The highest BCUT2D eigenvalue weighted by atomic mass is 16.5. The second-order valence-electron chi connectivity index (χ2n) is 6.87. The summed E-state index contributed by atoms with van der Waals surface area (Å²) in [6, 6.07) is 15.8. The minimum Gasteiger partial charge on any atom is -0.493 e. The van der Waals surface area contributed by atoms with Crippen molar-refractivity contribution in [2.45, 2.75) is 19.9 Å². The van der Waals surface area contributed by atoms with Crippen LogP contribution < -0.4 is 10.1 Å². The number of rotatable bonds is 8. The zero-order chi connectivity index (χ0) is 22.4. The van der Waals surface area contributed by atoms with E-state index >= 15 is 0 Å². The molecule has 3 rings (SSSR count). The molecule has 1 aromatic heterocycles. The number of aromatic nitrogens is 2. The maximum atomic E-state index is 12.5. The summed E-state index contributed by atoms with van der Waals surface area (Å²) in [6.45, 7) is 2.86. The van der Waals surface area contributed by atoms with Crippen LogP contribution in [0.4, 0.5) is 0 Å². The highest BCUT2D eigenvalue weighted by Crippen LogP contribution is 2.20. The van der Waals surface area contributed by atoms with E-state index in [2.05, 4.69) is 10.4 Å². The van der Waals surface area contributed by atoms with E-state index in [-0.39, 0.29) is 29.2 Å². The van der Waals surface area contributed by atoms with Gasteiger partial charge in [-0.1, -0.05) is 42.5 Å². The highest BCUT2D eigenvalue weighted by molar-refractivity contribution is 5.99. The van der Waals surface area contributed by atoms with Gasteiger partial charge in [-0.15, -0.1) is 0 Å². The van der Waals surface area contributed by atoms with Crippen LogP contribution in [-0.4, -0.2) is 41.2 Å². The normalized spacial score (nSPS) is 11.5. The smallest absolute Gasteiger partial charge is 0.363 e. The standard InChI is InChI=1S/C23H23N3O5/c1-15(24-16(2)27)17-9-11-18(12-10-17)20(28)14-31-23(29)22-21(30-3)13-26(25-22)19-7-5-4-6-8-19/h4-13,15H,14H2,1-3H3,(H,24,27)/t15-/m1/s1. The number of benzene rings is 2. The summed E-state index contributed by atoms with van der Waals surface area (Å²) in [6.07, 6.45) is 1.57. The Bertz CT molecular complexity index is 1070. The quantitative estimate of drug-likeness (QED) is 0.443. The Labute approximate surface area is 179 Å². The molecule has 3 aromatic rings. The number of hydrogen-bond acceptors (Lipinski definition) is 6. The predicted octanol–water partition coefficient (Wildman–Crippen LogP) is 3.12. The summed E-state index contributed by atoms with van der Waals surface area (Å²) in [5.41, 5.74) is 2.00. The molecule has 8 heteroatoms. The molecule has 0 unspecified atom stereocenters. The van der Waals surface area contributed by atoms with Crippen LogP contribution in [0.1, 0.15) is 46.3 Å². The van der Waals surface area contributed by atoms with Crippen LogP contribution in [0.5, 0.6) is 5.75 Å². The highest BCUT2D eigenvalue weighted by Gasteiger charge is 2.21. The monoisotopic (exact) mass is 421 g/mol. The van der Waals surface area contributed by atoms with Gasteiger partial charge in [-0.25, -0.2) is 9.48 Å². The molecule has 0 fully saturated rings. The van der Waals surface area contributed by atoms with E-state index < -0.39 is 12.6 Å². The molecule has 1 amide bonds. The molecule has 1 N–H and O–H groups in total. The minimum atomic E-state index is -0.754. The lowest BCUT2D eigenvalue weighted by Crippen LogP contribution is -2.23. The van der Waals surface area contributed by atoms with Gasteiger partial charge in [0.15, 0.2) is 18.1 Å². The molecule has 0 spiro atoms. The van der Waals surface area contributed by atoms with Gasteiger partial charge >= 0.3 is 5.97 Å². The molecule has 31 heavy (non-hydrogen) atoms. The lowest BCUT2D eigenvalue weighted by molar-refractivity contribution is -0.119. The largest absolute Gasteiger partial charge is 0.493 e. The molecule has 0 saturated heterocycles. The van der Waals surface area contributed by atoms with E-state index in [9.17, 15) is 14.4 Å². The predicted molar refractivity (Wildman–Crippen MR) is 113 cm³/mol. The summed E-state index contributed by atoms with van der Waals surface area (Å²) in [5, 5.41) is 7.00. The van der Waals surface area contributed by atoms with Gasteiger partial charge in [0, 0.05) is 12.5 Å². The topological polar surface area (TPSA) is 99.5 Å². The number of nitrogens with one attached hydrogen (secondary N) is 1. The first-order valence-electron chi connectivity index (χ1n) is 9.65. The third-order valence-electron chi connectivity index (χ3n) is 4.60. The molecule has 0 aliphatic heterocycles. The Morgan fingerprint density at radius 1 is 1.06 bits per heavy atom. The van der Waals surface area contributed by atoms with Gasteiger partial charge in [-0.2, -0.15) is 5.10 Å². The average molecular weight is 421 g/mol. The van der Waals surface area contributed by atoms with Crippen LogP contribution >= 0.6 is 0 Å². The zero-order valence-electron chi connectivity index (χ0n) is 17.5. The Morgan fingerprint density at radius 2 is 1.74 bits per heavy atom. The van der Waals surface area contributed by atoms with Crippen molar-refractivity contribution in [2.24, 2.45) is 0 Å². The second kappa shape index (κ2) is 9.71. The molecule has 0 radical (unpaired) electrons. The number of esters is 1. The number of carbonyl (C=O) groups is 3. The van der Waals surface area contributed by atoms with Gasteiger partial charge in [0.25, 0.3) is 0 Å². The summed E-state index contributed by atoms with van der Waals surface area (Å²) < 4.78 is 11.9. The first kappa shape index (κ1) is 21.8. The Hall–Kier alpha value is -3.94. The number of hydrogen-bond donors (Lipinski definition) is 1. The Balaban J connectivity index is 1.65. The van der Waals surface area contributed by atoms with Gasteiger partial charge < -0.3 is 14.8 Å². The van der Waals surface area contributed by atoms with Crippen molar-refractivity contribution in [3.8, 4) is 11.4 Å². The number of carbonyl (C=O) groups excluding carboxylic acids is 3. The molecule has 160 valence electrons. The van der Waals surface area contributed by atoms with E-state index in [1.165, 1.54) is 18.7 Å². The molecule has 0 aliphatic rings. The van der Waals surface area contributed by atoms with E-state index in [1.54, 1.807) is 30.5 Å². The minimum absolute atomic E-state index is 0.0152. The summed E-state index contributed by atoms with van der Waals surface area (Å²) in [5.74, 6) is -0.994. The molecule has 2 aromatic carbocycles. The fourth-order valence-corrected chi connectivity index (χ4v) is 2.99. The van der Waals surface area contributed by atoms with Crippen molar-refractivity contribution < 1.29 is 23.9 Å². The van der Waals surface area contributed by atoms with Crippen LogP contribution in [0.25, 0.3) is 5.69 Å². The van der Waals surface area contributed by atoms with Gasteiger partial charge in [0.1, 0.15) is 0 Å². The first-order valence-corrected chi connectivity index (χ1v) is 9.65. The molecule has 8 nitrogen and oxygen atoms in total. The van der Waals surface area contributed by atoms with Gasteiger partial charge in [0.05, 0.1) is 25.0 Å². The van der Waals surface area contributed by atoms with Crippen molar-refractivity contribution in [1.82, 2.24) is 15.1 Å². The number of ketones is 1. The first-order chi connectivity index (χ1) is 14.9. The molecule has 0 bridgehead atoms. The number of para-hydroxylation sites is 1. The van der Waals surface area contributed by atoms with E-state index in [0.717, 1.165) is 11.3 Å². The van der Waals surface area contributed by atoms with Crippen molar-refractivity contribution in [3.05, 3.63) is 77.6 Å². The van der Waals surface area contributed by atoms with Crippen molar-refractivity contribution in [3.63, 3.8) is 0 Å². The van der Waals surface area contributed by atoms with Crippen molar-refractivity contribution in [2.75, 3.05) is 13.7 Å². The second-order valence-corrected chi connectivity index (χ2v) is 6.87. The number of Topliss-reactive ketones (excluding diaryl/α,β-unsaturated/α-hetero) is 1. The summed E-state index contributed by atoms with van der Waals surface area (Å²) in [7, 11) is 1.43. The van der Waals surface area contributed by atoms with Crippen LogP contribution in [0.15, 0.2) is 60.8 Å². The maximum absolute atomic E-state index is 12.5. The molecule has 0 aliphatic carbocycles. The average Bonchev–Trinajstić information content (AvgIpc) is 3.22. The van der Waals surface area contributed by atoms with Gasteiger partial charge in [-0.05, 0) is 24.6 Å². The van der Waals surface area contributed by atoms with Crippen LogP contribution in [-0.2, 0) is 9.53 Å². The van der Waals surface area contributed by atoms with E-state index in [0.29, 0.717) is 5.56 Å². The fraction of sp³-hybridized carbons (Fsp3) is 0.217. The van der Waals surface area contributed by atoms with Gasteiger partial charge in [-0.3, -0.25) is 9.59 Å². The third-order valence-corrected chi connectivity index (χ3v) is 4.60. The summed E-state index contributed by atoms with van der Waals surface area (Å²) in [4.78, 5) is 36.1. The number of amides is 1. The maximum Gasteiger partial charge on any atom is 0.363 e. The Morgan fingerprint density at radius 3 is 2.35 bits per heavy atom. The molecular formula is C23H23N3O5. The number of nitrogens with zero attached hydrogens (tertiary/aromatic N) is 2.